The molecule has 2 N–H and O–H groups in total. The number of carbonyl (C=O) groups excluding carboxylic acids is 1. The molecule has 0 spiro atoms. The molecule has 1 aromatic heterocycles. The summed E-state index contributed by atoms with van der Waals surface area (Å²) in [6, 6.07) is 16.9. The number of rotatable bonds is 8. The van der Waals surface area contributed by atoms with Crippen molar-refractivity contribution in [1.29, 1.82) is 5.41 Å². The van der Waals surface area contributed by atoms with Crippen molar-refractivity contribution < 1.29 is 9.53 Å². The van der Waals surface area contributed by atoms with E-state index in [9.17, 15) is 4.79 Å². The first kappa shape index (κ1) is 22.2. The summed E-state index contributed by atoms with van der Waals surface area (Å²) in [4.78, 5) is 22.6. The number of likely N-dealkylation sites (tertiary alicyclic amines) is 1. The standard InChI is InChI=1S/C26H27N5O2/c1-3-23(32)31-15-7-14-26(31,2)17-29-25-22(16-28-18-30-25)24(27)19-10-12-21(13-11-19)33-20-8-5-4-6-9-20/h3-6,8-13,16,18,27H,1,7,14-15,17H2,2H3,(H,28,29,30). The Morgan fingerprint density at radius 1 is 1.21 bits per heavy atom. The van der Waals surface area contributed by atoms with Crippen LogP contribution in [-0.4, -0.2) is 45.1 Å². The van der Waals surface area contributed by atoms with Gasteiger partial charge < -0.3 is 15.0 Å². The highest BCUT2D eigenvalue weighted by Gasteiger charge is 2.38. The number of nitrogens with zero attached hydrogens (tertiary/aromatic N) is 3. The predicted octanol–water partition coefficient (Wildman–Crippen LogP) is 4.66. The van der Waals surface area contributed by atoms with Crippen LogP contribution in [0.3, 0.4) is 0 Å². The number of nitrogens with one attached hydrogen (secondary N) is 2. The predicted molar refractivity (Wildman–Crippen MR) is 129 cm³/mol. The molecule has 1 saturated heterocycles. The Bertz CT molecular complexity index is 1150. The fourth-order valence-corrected chi connectivity index (χ4v) is 4.09. The maximum absolute atomic E-state index is 12.3. The third-order valence-electron chi connectivity index (χ3n) is 5.93. The zero-order valence-electron chi connectivity index (χ0n) is 18.6. The van der Waals surface area contributed by atoms with E-state index in [-0.39, 0.29) is 11.4 Å². The third kappa shape index (κ3) is 4.92. The molecule has 1 atom stereocenters. The number of amides is 1. The number of anilines is 1. The summed E-state index contributed by atoms with van der Waals surface area (Å²) in [5.74, 6) is 1.96. The van der Waals surface area contributed by atoms with Crippen molar-refractivity contribution >= 4 is 17.4 Å². The van der Waals surface area contributed by atoms with Crippen molar-refractivity contribution in [3.05, 3.63) is 90.9 Å². The van der Waals surface area contributed by atoms with Gasteiger partial charge in [-0.25, -0.2) is 9.97 Å². The third-order valence-corrected chi connectivity index (χ3v) is 5.93. The van der Waals surface area contributed by atoms with Gasteiger partial charge in [-0.3, -0.25) is 10.2 Å². The molecular weight excluding hydrogens is 414 g/mol. The summed E-state index contributed by atoms with van der Waals surface area (Å²) < 4.78 is 5.84. The molecule has 0 saturated carbocycles. The molecule has 1 aliphatic heterocycles. The molecule has 2 aromatic carbocycles. The maximum Gasteiger partial charge on any atom is 0.246 e. The van der Waals surface area contributed by atoms with Gasteiger partial charge in [0.1, 0.15) is 23.6 Å². The van der Waals surface area contributed by atoms with E-state index in [4.69, 9.17) is 10.1 Å². The highest BCUT2D eigenvalue weighted by Crippen LogP contribution is 2.30. The van der Waals surface area contributed by atoms with Gasteiger partial charge in [-0.2, -0.15) is 0 Å². The second-order valence-electron chi connectivity index (χ2n) is 8.25. The SMILES string of the molecule is C=CC(=O)N1CCCC1(C)CNc1ncncc1C(=N)c1ccc(Oc2ccccc2)cc1. The van der Waals surface area contributed by atoms with Gasteiger partial charge in [-0.1, -0.05) is 24.8 Å². The van der Waals surface area contributed by atoms with Crippen LogP contribution in [0.25, 0.3) is 0 Å². The maximum atomic E-state index is 12.3. The molecule has 2 heterocycles. The molecule has 7 heteroatoms. The van der Waals surface area contributed by atoms with Gasteiger partial charge >= 0.3 is 0 Å². The zero-order valence-corrected chi connectivity index (χ0v) is 18.6. The number of ether oxygens (including phenoxy) is 1. The topological polar surface area (TPSA) is 91.2 Å². The van der Waals surface area contributed by atoms with Gasteiger partial charge in [-0.15, -0.1) is 0 Å². The lowest BCUT2D eigenvalue weighted by Crippen LogP contribution is -2.49. The first-order valence-electron chi connectivity index (χ1n) is 10.9. The summed E-state index contributed by atoms with van der Waals surface area (Å²) in [7, 11) is 0. The molecule has 1 aliphatic rings. The monoisotopic (exact) mass is 441 g/mol. The van der Waals surface area contributed by atoms with E-state index in [0.717, 1.165) is 24.2 Å². The lowest BCUT2D eigenvalue weighted by Gasteiger charge is -2.35. The Morgan fingerprint density at radius 3 is 2.67 bits per heavy atom. The number of para-hydroxylation sites is 1. The minimum absolute atomic E-state index is 0.0646. The quantitative estimate of drug-likeness (QED) is 0.392. The highest BCUT2D eigenvalue weighted by molar-refractivity contribution is 6.13. The lowest BCUT2D eigenvalue weighted by molar-refractivity contribution is -0.129. The van der Waals surface area contributed by atoms with Crippen molar-refractivity contribution in [2.45, 2.75) is 25.3 Å². The summed E-state index contributed by atoms with van der Waals surface area (Å²) in [5, 5.41) is 12.1. The van der Waals surface area contributed by atoms with E-state index in [1.807, 2.05) is 59.5 Å². The van der Waals surface area contributed by atoms with E-state index in [0.29, 0.717) is 35.9 Å². The Morgan fingerprint density at radius 2 is 1.94 bits per heavy atom. The number of hydrogen-bond donors (Lipinski definition) is 2. The van der Waals surface area contributed by atoms with Gasteiger partial charge in [0.15, 0.2) is 0 Å². The van der Waals surface area contributed by atoms with Crippen molar-refractivity contribution in [3.8, 4) is 11.5 Å². The molecule has 4 rings (SSSR count). The number of carbonyl (C=O) groups is 1. The Balaban J connectivity index is 1.48. The number of benzene rings is 2. The van der Waals surface area contributed by atoms with E-state index in [1.165, 1.54) is 12.4 Å². The minimum Gasteiger partial charge on any atom is -0.457 e. The van der Waals surface area contributed by atoms with E-state index in [1.54, 1.807) is 6.20 Å². The molecule has 168 valence electrons. The largest absolute Gasteiger partial charge is 0.457 e. The summed E-state index contributed by atoms with van der Waals surface area (Å²) in [5.41, 5.74) is 1.28. The van der Waals surface area contributed by atoms with Crippen LogP contribution in [0.5, 0.6) is 11.5 Å². The Hall–Kier alpha value is -4.00. The molecule has 1 unspecified atom stereocenters. The van der Waals surface area contributed by atoms with Crippen LogP contribution in [0.2, 0.25) is 0 Å². The molecule has 7 nitrogen and oxygen atoms in total. The van der Waals surface area contributed by atoms with E-state index >= 15 is 0 Å². The van der Waals surface area contributed by atoms with E-state index in [2.05, 4.69) is 28.8 Å². The smallest absolute Gasteiger partial charge is 0.246 e. The van der Waals surface area contributed by atoms with Gasteiger partial charge in [0, 0.05) is 24.8 Å². The molecule has 3 aromatic rings. The summed E-state index contributed by atoms with van der Waals surface area (Å²) >= 11 is 0. The molecule has 1 amide bonds. The molecule has 0 bridgehead atoms. The fraction of sp³-hybridized carbons (Fsp3) is 0.231. The molecule has 0 radical (unpaired) electrons. The fourth-order valence-electron chi connectivity index (χ4n) is 4.09. The lowest BCUT2D eigenvalue weighted by atomic mass is 9.98. The molecule has 0 aliphatic carbocycles. The van der Waals surface area contributed by atoms with E-state index < -0.39 is 0 Å². The van der Waals surface area contributed by atoms with Crippen molar-refractivity contribution in [2.24, 2.45) is 0 Å². The first-order chi connectivity index (χ1) is 16.0. The molecule has 33 heavy (non-hydrogen) atoms. The van der Waals surface area contributed by atoms with Gasteiger partial charge in [-0.05, 0) is 62.2 Å². The second-order valence-corrected chi connectivity index (χ2v) is 8.25. The number of hydrogen-bond acceptors (Lipinski definition) is 6. The average Bonchev–Trinajstić information content (AvgIpc) is 3.25. The van der Waals surface area contributed by atoms with Gasteiger partial charge in [0.05, 0.1) is 16.8 Å². The highest BCUT2D eigenvalue weighted by atomic mass is 16.5. The zero-order chi connectivity index (χ0) is 23.3. The van der Waals surface area contributed by atoms with Crippen LogP contribution in [0.1, 0.15) is 30.9 Å². The molecular formula is C26H27N5O2. The van der Waals surface area contributed by atoms with Crippen LogP contribution in [0.15, 0.2) is 79.8 Å². The number of aromatic nitrogens is 2. The summed E-state index contributed by atoms with van der Waals surface area (Å²) in [6.45, 7) is 6.92. The second kappa shape index (κ2) is 9.65. The van der Waals surface area contributed by atoms with Crippen molar-refractivity contribution in [2.75, 3.05) is 18.4 Å². The minimum atomic E-state index is -0.341. The molecule has 1 fully saturated rings. The van der Waals surface area contributed by atoms with Gasteiger partial charge in [0.2, 0.25) is 5.91 Å². The van der Waals surface area contributed by atoms with Crippen LogP contribution >= 0.6 is 0 Å². The summed E-state index contributed by atoms with van der Waals surface area (Å²) in [6.07, 6.45) is 6.29. The van der Waals surface area contributed by atoms with Crippen molar-refractivity contribution in [3.63, 3.8) is 0 Å². The first-order valence-corrected chi connectivity index (χ1v) is 10.9. The normalized spacial score (nSPS) is 17.4. The van der Waals surface area contributed by atoms with Crippen molar-refractivity contribution in [1.82, 2.24) is 14.9 Å². The Labute approximate surface area is 193 Å². The Kier molecular flexibility index (Phi) is 6.49. The van der Waals surface area contributed by atoms with Crippen LogP contribution in [-0.2, 0) is 4.79 Å². The van der Waals surface area contributed by atoms with Crippen LogP contribution < -0.4 is 10.1 Å². The van der Waals surface area contributed by atoms with Crippen LogP contribution in [0.4, 0.5) is 5.82 Å². The van der Waals surface area contributed by atoms with Crippen LogP contribution in [0, 0.1) is 5.41 Å². The average molecular weight is 442 g/mol. The van der Waals surface area contributed by atoms with Gasteiger partial charge in [0.25, 0.3) is 0 Å².